The highest BCUT2D eigenvalue weighted by molar-refractivity contribution is 6.12. The smallest absolute Gasteiger partial charge is 0.292 e. The van der Waals surface area contributed by atoms with Crippen LogP contribution in [0.5, 0.6) is 0 Å². The van der Waals surface area contributed by atoms with E-state index in [1.165, 1.54) is 22.9 Å². The van der Waals surface area contributed by atoms with E-state index in [0.717, 1.165) is 30.3 Å². The summed E-state index contributed by atoms with van der Waals surface area (Å²) in [6.45, 7) is 0.270. The van der Waals surface area contributed by atoms with Crippen molar-refractivity contribution in [3.05, 3.63) is 76.9 Å². The molecule has 5 rings (SSSR count). The van der Waals surface area contributed by atoms with Crippen LogP contribution in [-0.4, -0.2) is 28.2 Å². The Morgan fingerprint density at radius 1 is 0.943 bits per heavy atom. The molecule has 1 amide bonds. The average molecular weight is 491 g/mol. The Balaban J connectivity index is 1.46. The summed E-state index contributed by atoms with van der Waals surface area (Å²) < 4.78 is 80.1. The number of hydrogen-bond donors (Lipinski definition) is 1. The van der Waals surface area contributed by atoms with Crippen LogP contribution >= 0.6 is 0 Å². The third-order valence-corrected chi connectivity index (χ3v) is 5.55. The average Bonchev–Trinajstić information content (AvgIpc) is 3.20. The highest BCUT2D eigenvalue weighted by Gasteiger charge is 2.34. The highest BCUT2D eigenvalue weighted by Crippen LogP contribution is 2.38. The van der Waals surface area contributed by atoms with Crippen LogP contribution in [0.2, 0.25) is 0 Å². The number of aliphatic imine (C=N–C) groups is 1. The lowest BCUT2D eigenvalue weighted by Crippen LogP contribution is -2.47. The molecule has 0 radical (unpaired) electrons. The Morgan fingerprint density at radius 3 is 2.34 bits per heavy atom. The summed E-state index contributed by atoms with van der Waals surface area (Å²) in [5.74, 6) is -0.174. The van der Waals surface area contributed by atoms with Crippen LogP contribution in [0.1, 0.15) is 27.0 Å². The molecule has 0 fully saturated rings. The standard InChI is InChI=1S/C23H15F6N5O/c24-22(25,26)15-6-1-4-13(10-15)18-17-12-30-21(33-8-3-9-34(32-18)20(17)33)31-19(35)14-5-2-7-16(11-14)23(27,28)29/h1-7,9-11H,8,12H2,(H,30,31,35). The summed E-state index contributed by atoms with van der Waals surface area (Å²) in [5.41, 5.74) is -0.826. The normalized spacial score (nSPS) is 15.0. The van der Waals surface area contributed by atoms with Gasteiger partial charge < -0.3 is 0 Å². The molecule has 0 aliphatic carbocycles. The minimum atomic E-state index is -4.60. The lowest BCUT2D eigenvalue weighted by molar-refractivity contribution is -0.138. The van der Waals surface area contributed by atoms with Gasteiger partial charge in [0.15, 0.2) is 0 Å². The summed E-state index contributed by atoms with van der Waals surface area (Å²) in [4.78, 5) is 18.6. The van der Waals surface area contributed by atoms with E-state index >= 15 is 0 Å². The Kier molecular flexibility index (Phi) is 5.18. The predicted octanol–water partition coefficient (Wildman–Crippen LogP) is 5.18. The molecule has 35 heavy (non-hydrogen) atoms. The summed E-state index contributed by atoms with van der Waals surface area (Å²) in [6, 6.07) is 8.79. The molecule has 2 aromatic carbocycles. The first-order valence-corrected chi connectivity index (χ1v) is 10.3. The summed E-state index contributed by atoms with van der Waals surface area (Å²) >= 11 is 0. The van der Waals surface area contributed by atoms with Gasteiger partial charge in [-0.2, -0.15) is 31.4 Å². The molecule has 3 aromatic rings. The minimum absolute atomic E-state index is 0.00343. The third-order valence-electron chi connectivity index (χ3n) is 5.55. The Morgan fingerprint density at radius 2 is 1.63 bits per heavy atom. The highest BCUT2D eigenvalue weighted by atomic mass is 19.4. The Bertz CT molecular complexity index is 1390. The van der Waals surface area contributed by atoms with Crippen LogP contribution in [0.25, 0.3) is 17.5 Å². The maximum absolute atomic E-state index is 13.2. The van der Waals surface area contributed by atoms with Crippen molar-refractivity contribution in [2.45, 2.75) is 18.9 Å². The number of carbonyl (C=O) groups excluding carboxylic acids is 1. The van der Waals surface area contributed by atoms with Crippen LogP contribution in [0, 0.1) is 0 Å². The van der Waals surface area contributed by atoms with Crippen molar-refractivity contribution < 1.29 is 31.1 Å². The van der Waals surface area contributed by atoms with Crippen LogP contribution in [0.4, 0.5) is 32.2 Å². The van der Waals surface area contributed by atoms with Gasteiger partial charge in [-0.15, -0.1) is 0 Å². The second-order valence-electron chi connectivity index (χ2n) is 7.84. The van der Waals surface area contributed by atoms with Gasteiger partial charge in [-0.05, 0) is 36.4 Å². The monoisotopic (exact) mass is 491 g/mol. The molecule has 2 aliphatic rings. The van der Waals surface area contributed by atoms with E-state index in [0.29, 0.717) is 17.1 Å². The number of alkyl halides is 6. The number of hydrogen-bond acceptors (Lipinski definition) is 4. The van der Waals surface area contributed by atoms with Crippen molar-refractivity contribution in [1.82, 2.24) is 15.1 Å². The Labute approximate surface area is 194 Å². The molecule has 0 atom stereocenters. The van der Waals surface area contributed by atoms with E-state index in [1.807, 2.05) is 0 Å². The van der Waals surface area contributed by atoms with Gasteiger partial charge in [0, 0.05) is 29.4 Å². The number of anilines is 1. The van der Waals surface area contributed by atoms with Crippen molar-refractivity contribution >= 4 is 23.9 Å². The van der Waals surface area contributed by atoms with Gasteiger partial charge in [-0.3, -0.25) is 15.0 Å². The van der Waals surface area contributed by atoms with Gasteiger partial charge in [0.25, 0.3) is 5.91 Å². The minimum Gasteiger partial charge on any atom is -0.292 e. The van der Waals surface area contributed by atoms with E-state index in [2.05, 4.69) is 15.4 Å². The fourth-order valence-corrected chi connectivity index (χ4v) is 3.95. The molecule has 0 saturated heterocycles. The molecule has 6 nitrogen and oxygen atoms in total. The molecule has 0 saturated carbocycles. The first-order chi connectivity index (χ1) is 16.5. The second-order valence-corrected chi connectivity index (χ2v) is 7.84. The number of nitrogens with one attached hydrogen (secondary N) is 1. The SMILES string of the molecule is O=C(NC1=NCc2c(-c3cccc(C(F)(F)F)c3)nn3c2N1CC=C3)c1cccc(C(F)(F)F)c1. The number of nitrogens with zero attached hydrogens (tertiary/aromatic N) is 4. The number of aromatic nitrogens is 2. The molecular weight excluding hydrogens is 476 g/mol. The molecule has 1 aromatic heterocycles. The molecule has 1 N–H and O–H groups in total. The number of halogens is 6. The number of benzene rings is 2. The van der Waals surface area contributed by atoms with Crippen molar-refractivity contribution in [2.24, 2.45) is 4.99 Å². The van der Waals surface area contributed by atoms with Gasteiger partial charge in [0.1, 0.15) is 11.5 Å². The summed E-state index contributed by atoms with van der Waals surface area (Å²) in [5, 5.41) is 6.97. The zero-order chi connectivity index (χ0) is 25.0. The number of rotatable bonds is 2. The van der Waals surface area contributed by atoms with Crippen LogP contribution in [0.15, 0.2) is 59.6 Å². The lowest BCUT2D eigenvalue weighted by Gasteiger charge is -2.31. The van der Waals surface area contributed by atoms with Gasteiger partial charge in [0.05, 0.1) is 17.7 Å². The van der Waals surface area contributed by atoms with E-state index in [1.54, 1.807) is 17.2 Å². The van der Waals surface area contributed by atoms with Crippen molar-refractivity contribution in [3.63, 3.8) is 0 Å². The van der Waals surface area contributed by atoms with Gasteiger partial charge in [-0.25, -0.2) is 9.67 Å². The molecule has 3 heterocycles. The van der Waals surface area contributed by atoms with Crippen molar-refractivity contribution in [2.75, 3.05) is 11.4 Å². The molecule has 0 spiro atoms. The fraction of sp³-hybridized carbons (Fsp3) is 0.174. The molecule has 2 aliphatic heterocycles. The first kappa shape index (κ1) is 22.7. The van der Waals surface area contributed by atoms with Gasteiger partial charge >= 0.3 is 12.4 Å². The number of amides is 1. The molecule has 0 bridgehead atoms. The number of carbonyl (C=O) groups is 1. The quantitative estimate of drug-likeness (QED) is 0.503. The Hall–Kier alpha value is -4.09. The fourth-order valence-electron chi connectivity index (χ4n) is 3.95. The number of guanidine groups is 1. The van der Waals surface area contributed by atoms with Crippen molar-refractivity contribution in [3.8, 4) is 11.3 Å². The molecule has 180 valence electrons. The zero-order valence-corrected chi connectivity index (χ0v) is 17.7. The third kappa shape index (κ3) is 4.15. The van der Waals surface area contributed by atoms with Gasteiger partial charge in [0.2, 0.25) is 5.96 Å². The first-order valence-electron chi connectivity index (χ1n) is 10.3. The van der Waals surface area contributed by atoms with Crippen LogP contribution in [0.3, 0.4) is 0 Å². The van der Waals surface area contributed by atoms with E-state index in [9.17, 15) is 31.1 Å². The second kappa shape index (κ2) is 8.00. The maximum atomic E-state index is 13.2. The predicted molar refractivity (Wildman–Crippen MR) is 115 cm³/mol. The molecule has 12 heteroatoms. The molecular formula is C23H15F6N5O. The van der Waals surface area contributed by atoms with E-state index in [4.69, 9.17) is 0 Å². The maximum Gasteiger partial charge on any atom is 0.416 e. The largest absolute Gasteiger partial charge is 0.416 e. The zero-order valence-electron chi connectivity index (χ0n) is 17.7. The lowest BCUT2D eigenvalue weighted by atomic mass is 10.0. The van der Waals surface area contributed by atoms with Crippen LogP contribution < -0.4 is 10.2 Å². The van der Waals surface area contributed by atoms with E-state index in [-0.39, 0.29) is 30.2 Å². The van der Waals surface area contributed by atoms with Crippen molar-refractivity contribution in [1.29, 1.82) is 0 Å². The van der Waals surface area contributed by atoms with E-state index < -0.39 is 29.4 Å². The molecule has 0 unspecified atom stereocenters. The summed E-state index contributed by atoms with van der Waals surface area (Å²) in [6.07, 6.45) is -5.77. The van der Waals surface area contributed by atoms with Gasteiger partial charge in [-0.1, -0.05) is 18.2 Å². The topological polar surface area (TPSA) is 62.5 Å². The van der Waals surface area contributed by atoms with Crippen LogP contribution in [-0.2, 0) is 18.9 Å². The summed E-state index contributed by atoms with van der Waals surface area (Å²) in [7, 11) is 0.